The number of rotatable bonds is 6. The first-order chi connectivity index (χ1) is 13.2. The van der Waals surface area contributed by atoms with E-state index in [-0.39, 0.29) is 5.91 Å². The second kappa shape index (κ2) is 7.98. The molecule has 0 saturated carbocycles. The summed E-state index contributed by atoms with van der Waals surface area (Å²) in [6.45, 7) is 2.60. The number of hydrogen-bond acceptors (Lipinski definition) is 5. The summed E-state index contributed by atoms with van der Waals surface area (Å²) in [5.41, 5.74) is 3.20. The molecule has 0 N–H and O–H groups in total. The fourth-order valence-electron chi connectivity index (χ4n) is 2.99. The van der Waals surface area contributed by atoms with Gasteiger partial charge in [-0.2, -0.15) is 0 Å². The smallest absolute Gasteiger partial charge is 0.234 e. The Hall–Kier alpha value is -2.57. The van der Waals surface area contributed by atoms with Crippen molar-refractivity contribution in [2.24, 2.45) is 0 Å². The highest BCUT2D eigenvalue weighted by Crippen LogP contribution is 2.32. The highest BCUT2D eigenvalue weighted by molar-refractivity contribution is 7.22. The first-order valence-corrected chi connectivity index (χ1v) is 10.5. The van der Waals surface area contributed by atoms with Crippen LogP contribution in [0.5, 0.6) is 0 Å². The molecule has 27 heavy (non-hydrogen) atoms. The highest BCUT2D eigenvalue weighted by Gasteiger charge is 2.21. The Kier molecular flexibility index (Phi) is 5.27. The third kappa shape index (κ3) is 3.91. The van der Waals surface area contributed by atoms with Gasteiger partial charge in [-0.1, -0.05) is 42.5 Å². The number of amides is 1. The fraction of sp³-hybridized carbons (Fsp3) is 0.190. The second-order valence-corrected chi connectivity index (χ2v) is 8.25. The summed E-state index contributed by atoms with van der Waals surface area (Å²) in [5.74, 6) is 0.0541. The SMILES string of the molecule is CCc1cccc2sc(N(Cc3cccnc3)C(=O)Cc3cccs3)nc12. The van der Waals surface area contributed by atoms with E-state index in [1.54, 1.807) is 40.0 Å². The molecule has 4 aromatic rings. The van der Waals surface area contributed by atoms with Crippen LogP contribution in [-0.4, -0.2) is 15.9 Å². The molecule has 136 valence electrons. The van der Waals surface area contributed by atoms with Crippen molar-refractivity contribution in [3.05, 3.63) is 76.2 Å². The number of fused-ring (bicyclic) bond motifs is 1. The first kappa shape index (κ1) is 17.8. The van der Waals surface area contributed by atoms with Crippen LogP contribution in [0.1, 0.15) is 22.9 Å². The molecule has 0 spiro atoms. The number of carbonyl (C=O) groups is 1. The second-order valence-electron chi connectivity index (χ2n) is 6.21. The van der Waals surface area contributed by atoms with Crippen LogP contribution < -0.4 is 4.90 Å². The molecule has 0 bridgehead atoms. The number of hydrogen-bond donors (Lipinski definition) is 0. The van der Waals surface area contributed by atoms with E-state index >= 15 is 0 Å². The van der Waals surface area contributed by atoms with Gasteiger partial charge in [-0.05, 0) is 41.1 Å². The van der Waals surface area contributed by atoms with E-state index in [0.29, 0.717) is 13.0 Å². The van der Waals surface area contributed by atoms with Crippen molar-refractivity contribution >= 4 is 43.9 Å². The summed E-state index contributed by atoms with van der Waals surface area (Å²) in [7, 11) is 0. The maximum atomic E-state index is 13.1. The van der Waals surface area contributed by atoms with E-state index in [1.165, 1.54) is 5.56 Å². The molecular formula is C21H19N3OS2. The molecule has 0 aliphatic rings. The van der Waals surface area contributed by atoms with Crippen molar-refractivity contribution in [3.63, 3.8) is 0 Å². The molecule has 3 heterocycles. The van der Waals surface area contributed by atoms with Crippen molar-refractivity contribution in [2.75, 3.05) is 4.90 Å². The van der Waals surface area contributed by atoms with E-state index in [0.717, 1.165) is 32.2 Å². The van der Waals surface area contributed by atoms with Crippen LogP contribution in [0.2, 0.25) is 0 Å². The third-order valence-electron chi connectivity index (χ3n) is 4.37. The zero-order valence-electron chi connectivity index (χ0n) is 15.0. The topological polar surface area (TPSA) is 46.1 Å². The largest absolute Gasteiger partial charge is 0.283 e. The lowest BCUT2D eigenvalue weighted by Crippen LogP contribution is -2.31. The van der Waals surface area contributed by atoms with E-state index < -0.39 is 0 Å². The average molecular weight is 394 g/mol. The van der Waals surface area contributed by atoms with Gasteiger partial charge in [0.15, 0.2) is 5.13 Å². The molecule has 0 atom stereocenters. The van der Waals surface area contributed by atoms with Crippen molar-refractivity contribution in [1.82, 2.24) is 9.97 Å². The molecule has 6 heteroatoms. The molecular weight excluding hydrogens is 374 g/mol. The predicted molar refractivity (Wildman–Crippen MR) is 112 cm³/mol. The highest BCUT2D eigenvalue weighted by atomic mass is 32.1. The number of para-hydroxylation sites is 1. The molecule has 4 rings (SSSR count). The number of nitrogens with zero attached hydrogens (tertiary/aromatic N) is 3. The number of carbonyl (C=O) groups excluding carboxylic acids is 1. The fourth-order valence-corrected chi connectivity index (χ4v) is 4.72. The minimum atomic E-state index is 0.0541. The van der Waals surface area contributed by atoms with E-state index in [9.17, 15) is 4.79 Å². The van der Waals surface area contributed by atoms with Crippen LogP contribution in [0.15, 0.2) is 60.2 Å². The van der Waals surface area contributed by atoms with Crippen LogP contribution in [-0.2, 0) is 24.2 Å². The van der Waals surface area contributed by atoms with Gasteiger partial charge in [0.25, 0.3) is 0 Å². The summed E-state index contributed by atoms with van der Waals surface area (Å²) in [5, 5.41) is 2.75. The standard InChI is InChI=1S/C21H19N3OS2/c1-2-16-7-3-9-18-20(16)23-21(27-18)24(14-15-6-4-10-22-13-15)19(25)12-17-8-5-11-26-17/h3-11,13H,2,12,14H2,1H3. The van der Waals surface area contributed by atoms with Gasteiger partial charge in [0.05, 0.1) is 23.2 Å². The van der Waals surface area contributed by atoms with E-state index in [1.807, 2.05) is 29.6 Å². The summed E-state index contributed by atoms with van der Waals surface area (Å²) < 4.78 is 1.12. The lowest BCUT2D eigenvalue weighted by Gasteiger charge is -2.19. The Morgan fingerprint density at radius 3 is 2.81 bits per heavy atom. The molecule has 4 nitrogen and oxygen atoms in total. The van der Waals surface area contributed by atoms with Gasteiger partial charge in [0.2, 0.25) is 5.91 Å². The maximum Gasteiger partial charge on any atom is 0.234 e. The summed E-state index contributed by atoms with van der Waals surface area (Å²) in [6, 6.07) is 14.1. The minimum Gasteiger partial charge on any atom is -0.283 e. The monoisotopic (exact) mass is 393 g/mol. The molecule has 0 unspecified atom stereocenters. The molecule has 0 aliphatic carbocycles. The van der Waals surface area contributed by atoms with Gasteiger partial charge in [-0.3, -0.25) is 14.7 Å². The van der Waals surface area contributed by atoms with Gasteiger partial charge in [-0.25, -0.2) is 4.98 Å². The molecule has 0 saturated heterocycles. The van der Waals surface area contributed by atoms with Gasteiger partial charge in [-0.15, -0.1) is 11.3 Å². The zero-order valence-corrected chi connectivity index (χ0v) is 16.6. The van der Waals surface area contributed by atoms with Gasteiger partial charge < -0.3 is 0 Å². The Morgan fingerprint density at radius 1 is 1.15 bits per heavy atom. The Balaban J connectivity index is 1.71. The number of pyridine rings is 1. The van der Waals surface area contributed by atoms with Crippen LogP contribution >= 0.6 is 22.7 Å². The number of thiophene rings is 1. The van der Waals surface area contributed by atoms with Crippen LogP contribution in [0.4, 0.5) is 5.13 Å². The molecule has 0 radical (unpaired) electrons. The van der Waals surface area contributed by atoms with Crippen molar-refractivity contribution < 1.29 is 4.79 Å². The summed E-state index contributed by atoms with van der Waals surface area (Å²) in [6.07, 6.45) is 4.85. The van der Waals surface area contributed by atoms with Crippen molar-refractivity contribution in [3.8, 4) is 0 Å². The van der Waals surface area contributed by atoms with Crippen molar-refractivity contribution in [1.29, 1.82) is 0 Å². The number of thiazole rings is 1. The van der Waals surface area contributed by atoms with Crippen LogP contribution in [0, 0.1) is 0 Å². The van der Waals surface area contributed by atoms with Gasteiger partial charge in [0.1, 0.15) is 0 Å². The van der Waals surface area contributed by atoms with Crippen LogP contribution in [0.25, 0.3) is 10.2 Å². The van der Waals surface area contributed by atoms with Crippen molar-refractivity contribution in [2.45, 2.75) is 26.3 Å². The van der Waals surface area contributed by atoms with Gasteiger partial charge >= 0.3 is 0 Å². The third-order valence-corrected chi connectivity index (χ3v) is 6.29. The predicted octanol–water partition coefficient (Wildman–Crippen LogP) is 5.09. The zero-order chi connectivity index (χ0) is 18.6. The first-order valence-electron chi connectivity index (χ1n) is 8.84. The quantitative estimate of drug-likeness (QED) is 0.458. The molecule has 0 fully saturated rings. The van der Waals surface area contributed by atoms with E-state index in [4.69, 9.17) is 4.98 Å². The lowest BCUT2D eigenvalue weighted by atomic mass is 10.1. The average Bonchev–Trinajstić information content (AvgIpc) is 3.36. The number of anilines is 1. The number of benzene rings is 1. The molecule has 0 aliphatic heterocycles. The van der Waals surface area contributed by atoms with E-state index in [2.05, 4.69) is 30.1 Å². The minimum absolute atomic E-state index is 0.0541. The molecule has 1 aromatic carbocycles. The molecule has 1 amide bonds. The Bertz CT molecular complexity index is 1040. The maximum absolute atomic E-state index is 13.1. The number of aromatic nitrogens is 2. The summed E-state index contributed by atoms with van der Waals surface area (Å²) in [4.78, 5) is 25.0. The number of aryl methyl sites for hydroxylation is 1. The summed E-state index contributed by atoms with van der Waals surface area (Å²) >= 11 is 3.18. The van der Waals surface area contributed by atoms with Gasteiger partial charge in [0, 0.05) is 17.3 Å². The lowest BCUT2D eigenvalue weighted by molar-refractivity contribution is -0.118. The van der Waals surface area contributed by atoms with Crippen LogP contribution in [0.3, 0.4) is 0 Å². The molecule has 3 aromatic heterocycles. The Morgan fingerprint density at radius 2 is 2.07 bits per heavy atom. The normalized spacial score (nSPS) is 11.0. The Labute approximate surface area is 166 Å².